The maximum Gasteiger partial charge on any atom is 0.318 e. The first-order chi connectivity index (χ1) is 34.0. The molecule has 0 spiro atoms. The van der Waals surface area contributed by atoms with Crippen molar-refractivity contribution in [3.05, 3.63) is 131 Å². The van der Waals surface area contributed by atoms with E-state index < -0.39 is 31.7 Å². The molecule has 4 aromatic rings. The summed E-state index contributed by atoms with van der Waals surface area (Å²) in [6, 6.07) is 28.7. The van der Waals surface area contributed by atoms with Gasteiger partial charge in [0.05, 0.1) is 24.7 Å². The first-order valence-corrected chi connectivity index (χ1v) is 27.5. The maximum atomic E-state index is 13.3. The number of halogens is 2. The number of carbonyl (C=O) groups excluding carboxylic acids is 2. The minimum atomic E-state index is -4.30. The molecule has 20 heteroatoms. The Morgan fingerprint density at radius 3 is 1.12 bits per heavy atom. The lowest BCUT2D eigenvalue weighted by atomic mass is 10.0. The van der Waals surface area contributed by atoms with Gasteiger partial charge in [-0.15, -0.1) is 0 Å². The number of urea groups is 2. The van der Waals surface area contributed by atoms with Crippen LogP contribution in [0.3, 0.4) is 0 Å². The summed E-state index contributed by atoms with van der Waals surface area (Å²) in [4.78, 5) is 34.6. The molecule has 4 aromatic carbocycles. The summed E-state index contributed by atoms with van der Waals surface area (Å²) in [5.41, 5.74) is 3.91. The van der Waals surface area contributed by atoms with Crippen LogP contribution in [0.1, 0.15) is 75.6 Å². The molecule has 0 aromatic heterocycles. The summed E-state index contributed by atoms with van der Waals surface area (Å²) in [7, 11) is -4.38. The number of nitrogens with one attached hydrogen (secondary N) is 2. The Bertz CT molecular complexity index is 2280. The fourth-order valence-corrected chi connectivity index (χ4v) is 9.31. The normalized spacial score (nSPS) is 14.9. The molecule has 2 saturated heterocycles. The lowest BCUT2D eigenvalue weighted by Gasteiger charge is -2.37. The molecule has 2 aliphatic heterocycles. The highest BCUT2D eigenvalue weighted by molar-refractivity contribution is 7.89. The lowest BCUT2D eigenvalue weighted by molar-refractivity contribution is 0.126. The van der Waals surface area contributed by atoms with Crippen LogP contribution in [-0.4, -0.2) is 135 Å². The SMILES string of the molecule is CC(C)COc1ccc(CNC(=O)N(Cc2ccc(F)cc2)C2CCN(C)CC2)cc1.CC(C)COc1ccc(CNC(=O)N(Cc2ccc(F)cc2)C2CCN(C)CC2)cc1.O=S(=O)(O)CCS(=O)(=O)O. The van der Waals surface area contributed by atoms with Crippen molar-refractivity contribution in [2.24, 2.45) is 11.8 Å². The summed E-state index contributed by atoms with van der Waals surface area (Å²) in [6.07, 6.45) is 3.75. The van der Waals surface area contributed by atoms with Crippen LogP contribution in [0.25, 0.3) is 0 Å². The molecule has 72 heavy (non-hydrogen) atoms. The minimum Gasteiger partial charge on any atom is -0.493 e. The van der Waals surface area contributed by atoms with Gasteiger partial charge in [-0.25, -0.2) is 18.4 Å². The fourth-order valence-electron chi connectivity index (χ4n) is 7.62. The Morgan fingerprint density at radius 2 is 0.847 bits per heavy atom. The number of rotatable bonds is 19. The van der Waals surface area contributed by atoms with E-state index in [2.05, 4.69) is 62.2 Å². The van der Waals surface area contributed by atoms with Crippen molar-refractivity contribution in [3.8, 4) is 11.5 Å². The second-order valence-corrected chi connectivity index (χ2v) is 22.3. The molecule has 2 heterocycles. The van der Waals surface area contributed by atoms with Crippen LogP contribution in [0, 0.1) is 23.5 Å². The van der Waals surface area contributed by atoms with Gasteiger partial charge in [-0.2, -0.15) is 16.8 Å². The Kier molecular flexibility index (Phi) is 24.1. The van der Waals surface area contributed by atoms with Gasteiger partial charge in [0, 0.05) is 38.3 Å². The van der Waals surface area contributed by atoms with Crippen molar-refractivity contribution in [3.63, 3.8) is 0 Å². The molecular weight excluding hydrogens is 971 g/mol. The monoisotopic (exact) mass is 1040 g/mol. The van der Waals surface area contributed by atoms with Crippen LogP contribution in [0.5, 0.6) is 11.5 Å². The van der Waals surface area contributed by atoms with Crippen molar-refractivity contribution in [1.82, 2.24) is 30.2 Å². The molecule has 4 amide bonds. The average Bonchev–Trinajstić information content (AvgIpc) is 3.34. The highest BCUT2D eigenvalue weighted by Crippen LogP contribution is 2.22. The number of likely N-dealkylation sites (tertiary alicyclic amines) is 2. The largest absolute Gasteiger partial charge is 0.493 e. The predicted octanol–water partition coefficient (Wildman–Crippen LogP) is 8.10. The average molecular weight is 1050 g/mol. The number of carbonyl (C=O) groups is 2. The quantitative estimate of drug-likeness (QED) is 0.0660. The molecule has 0 saturated carbocycles. The lowest BCUT2D eigenvalue weighted by Crippen LogP contribution is -2.49. The van der Waals surface area contributed by atoms with Crippen LogP contribution in [0.15, 0.2) is 97.1 Å². The van der Waals surface area contributed by atoms with Crippen molar-refractivity contribution >= 4 is 32.3 Å². The molecule has 0 atom stereocenters. The van der Waals surface area contributed by atoms with Crippen molar-refractivity contribution in [2.75, 3.05) is 65.0 Å². The summed E-state index contributed by atoms with van der Waals surface area (Å²) < 4.78 is 93.4. The van der Waals surface area contributed by atoms with Gasteiger partial charge in [0.15, 0.2) is 0 Å². The second kappa shape index (κ2) is 29.4. The number of piperidine rings is 2. The topological polar surface area (TPSA) is 198 Å². The van der Waals surface area contributed by atoms with Crippen LogP contribution in [0.4, 0.5) is 18.4 Å². The van der Waals surface area contributed by atoms with Gasteiger partial charge >= 0.3 is 12.1 Å². The molecule has 0 bridgehead atoms. The van der Waals surface area contributed by atoms with E-state index >= 15 is 0 Å². The van der Waals surface area contributed by atoms with Gasteiger partial charge in [0.25, 0.3) is 20.2 Å². The standard InChI is InChI=1S/2C25H34FN3O2.C2H6O6S2/c2*1-19(2)18-31-24-10-6-20(7-11-24)16-27-25(30)29(23-12-14-28(3)15-13-23)17-21-4-8-22(26)9-5-21;3-9(4,5)1-2-10(6,7)8/h2*4-11,19,23H,12-18H2,1-3H3,(H,27,30);1-2H2,(H,3,4,5)(H,6,7,8). The van der Waals surface area contributed by atoms with E-state index in [0.29, 0.717) is 51.2 Å². The summed E-state index contributed by atoms with van der Waals surface area (Å²) in [5.74, 6) is 0.148. The molecule has 16 nitrogen and oxygen atoms in total. The van der Waals surface area contributed by atoms with Crippen molar-refractivity contribution in [1.29, 1.82) is 0 Å². The smallest absolute Gasteiger partial charge is 0.318 e. The van der Waals surface area contributed by atoms with E-state index in [1.807, 2.05) is 58.3 Å². The molecule has 2 aliphatic rings. The Morgan fingerprint density at radius 1 is 0.556 bits per heavy atom. The van der Waals surface area contributed by atoms with E-state index in [-0.39, 0.29) is 35.8 Å². The zero-order valence-corrected chi connectivity index (χ0v) is 44.0. The third kappa shape index (κ3) is 23.4. The third-order valence-corrected chi connectivity index (χ3v) is 13.5. The molecule has 0 unspecified atom stereocenters. The van der Waals surface area contributed by atoms with Crippen LogP contribution in [-0.2, 0) is 46.4 Å². The number of hydrogen-bond donors (Lipinski definition) is 4. The zero-order chi connectivity index (χ0) is 52.8. The molecule has 4 N–H and O–H groups in total. The van der Waals surface area contributed by atoms with Crippen molar-refractivity contribution < 1.29 is 53.8 Å². The van der Waals surface area contributed by atoms with E-state index in [4.69, 9.17) is 18.6 Å². The highest BCUT2D eigenvalue weighted by Gasteiger charge is 2.28. The Labute approximate surface area is 425 Å². The number of hydrogen-bond acceptors (Lipinski definition) is 10. The number of ether oxygens (including phenoxy) is 2. The summed E-state index contributed by atoms with van der Waals surface area (Å²) in [6.45, 7) is 15.6. The van der Waals surface area contributed by atoms with Gasteiger partial charge in [-0.3, -0.25) is 9.11 Å². The van der Waals surface area contributed by atoms with Gasteiger partial charge in [0.2, 0.25) is 0 Å². The zero-order valence-electron chi connectivity index (χ0n) is 42.4. The first kappa shape index (κ1) is 59.2. The van der Waals surface area contributed by atoms with Gasteiger partial charge < -0.3 is 39.7 Å². The molecule has 0 aliphatic carbocycles. The van der Waals surface area contributed by atoms with Crippen LogP contribution in [0.2, 0.25) is 0 Å². The molecule has 2 fully saturated rings. The van der Waals surface area contributed by atoms with E-state index in [1.165, 1.54) is 24.3 Å². The van der Waals surface area contributed by atoms with E-state index in [9.17, 15) is 35.2 Å². The number of benzene rings is 4. The Balaban J connectivity index is 0.000000263. The summed E-state index contributed by atoms with van der Waals surface area (Å²) in [5, 5.41) is 6.13. The van der Waals surface area contributed by atoms with Gasteiger partial charge in [-0.1, -0.05) is 76.2 Å². The van der Waals surface area contributed by atoms with E-state index in [1.54, 1.807) is 24.3 Å². The number of nitrogens with zero attached hydrogens (tertiary/aromatic N) is 4. The van der Waals surface area contributed by atoms with Crippen LogP contribution >= 0.6 is 0 Å². The number of amides is 4. The minimum absolute atomic E-state index is 0.0842. The van der Waals surface area contributed by atoms with E-state index in [0.717, 1.165) is 85.6 Å². The Hall–Kier alpha value is -5.38. The molecule has 398 valence electrons. The third-order valence-electron chi connectivity index (χ3n) is 11.8. The van der Waals surface area contributed by atoms with Gasteiger partial charge in [-0.05, 0) is 149 Å². The molecule has 0 radical (unpaired) electrons. The molecular formula is C52H74F2N6O10S2. The predicted molar refractivity (Wildman–Crippen MR) is 276 cm³/mol. The fraction of sp³-hybridized carbons (Fsp3) is 0.500. The maximum absolute atomic E-state index is 13.3. The van der Waals surface area contributed by atoms with Crippen LogP contribution < -0.4 is 20.1 Å². The van der Waals surface area contributed by atoms with Crippen molar-refractivity contribution in [2.45, 2.75) is 91.6 Å². The first-order valence-electron chi connectivity index (χ1n) is 24.3. The summed E-state index contributed by atoms with van der Waals surface area (Å²) >= 11 is 0. The highest BCUT2D eigenvalue weighted by atomic mass is 32.2. The van der Waals surface area contributed by atoms with Gasteiger partial charge in [0.1, 0.15) is 23.1 Å². The second-order valence-electron chi connectivity index (χ2n) is 19.2. The molecule has 6 rings (SSSR count).